The van der Waals surface area contributed by atoms with Crippen molar-refractivity contribution >= 4 is 0 Å². The number of rotatable bonds is 13. The third-order valence-corrected chi connectivity index (χ3v) is 4.35. The smallest absolute Gasteiger partial charge is 0.119 e. The molecule has 0 saturated heterocycles. The molecule has 0 aliphatic heterocycles. The molecular formula is C23H32O2. The van der Waals surface area contributed by atoms with Crippen LogP contribution in [0.25, 0.3) is 0 Å². The van der Waals surface area contributed by atoms with Crippen LogP contribution in [0.15, 0.2) is 54.6 Å². The van der Waals surface area contributed by atoms with Gasteiger partial charge in [0.15, 0.2) is 0 Å². The Balaban J connectivity index is 1.54. The molecule has 2 rings (SSSR count). The van der Waals surface area contributed by atoms with Crippen LogP contribution in [-0.2, 0) is 17.8 Å². The van der Waals surface area contributed by atoms with E-state index in [0.29, 0.717) is 19.8 Å². The highest BCUT2D eigenvalue weighted by Gasteiger charge is 1.98. The van der Waals surface area contributed by atoms with Crippen LogP contribution in [0.2, 0.25) is 0 Å². The fraction of sp³-hybridized carbons (Fsp3) is 0.478. The Morgan fingerprint density at radius 1 is 0.680 bits per heavy atom. The lowest BCUT2D eigenvalue weighted by atomic mass is 10.0. The topological polar surface area (TPSA) is 18.5 Å². The number of ether oxygens (including phenoxy) is 2. The minimum absolute atomic E-state index is 0.587. The number of unbranched alkanes of at least 4 members (excludes halogenated alkanes) is 5. The molecule has 0 fully saturated rings. The predicted molar refractivity (Wildman–Crippen MR) is 105 cm³/mol. The van der Waals surface area contributed by atoms with E-state index in [2.05, 4.69) is 43.3 Å². The van der Waals surface area contributed by atoms with Gasteiger partial charge >= 0.3 is 0 Å². The molecule has 2 nitrogen and oxygen atoms in total. The van der Waals surface area contributed by atoms with Crippen LogP contribution >= 0.6 is 0 Å². The Morgan fingerprint density at radius 2 is 1.40 bits per heavy atom. The molecule has 0 atom stereocenters. The average Bonchev–Trinajstić information content (AvgIpc) is 2.66. The summed E-state index contributed by atoms with van der Waals surface area (Å²) in [5.41, 5.74) is 2.60. The molecule has 25 heavy (non-hydrogen) atoms. The first-order valence-electron chi connectivity index (χ1n) is 9.72. The molecule has 2 heteroatoms. The van der Waals surface area contributed by atoms with Gasteiger partial charge in [0.05, 0.1) is 13.2 Å². The van der Waals surface area contributed by atoms with Crippen LogP contribution in [0, 0.1) is 0 Å². The van der Waals surface area contributed by atoms with Gasteiger partial charge in [0.2, 0.25) is 0 Å². The number of benzene rings is 2. The zero-order valence-electron chi connectivity index (χ0n) is 15.6. The molecule has 0 aromatic heterocycles. The van der Waals surface area contributed by atoms with Gasteiger partial charge in [-0.3, -0.25) is 0 Å². The normalized spacial score (nSPS) is 10.8. The fourth-order valence-corrected chi connectivity index (χ4v) is 2.84. The molecule has 0 amide bonds. The van der Waals surface area contributed by atoms with Gasteiger partial charge in [0.1, 0.15) is 12.4 Å². The number of aryl methyl sites for hydroxylation is 1. The Kier molecular flexibility index (Phi) is 9.80. The third kappa shape index (κ3) is 8.74. The molecule has 0 aliphatic carbocycles. The monoisotopic (exact) mass is 340 g/mol. The van der Waals surface area contributed by atoms with E-state index in [1.807, 2.05) is 18.2 Å². The van der Waals surface area contributed by atoms with Gasteiger partial charge in [-0.2, -0.15) is 0 Å². The first-order chi connectivity index (χ1) is 12.4. The van der Waals surface area contributed by atoms with Gasteiger partial charge in [-0.1, -0.05) is 81.5 Å². The summed E-state index contributed by atoms with van der Waals surface area (Å²) in [7, 11) is 0. The van der Waals surface area contributed by atoms with Crippen molar-refractivity contribution in [2.24, 2.45) is 0 Å². The summed E-state index contributed by atoms with van der Waals surface area (Å²) in [6, 6.07) is 18.7. The Morgan fingerprint density at radius 3 is 2.16 bits per heavy atom. The lowest BCUT2D eigenvalue weighted by molar-refractivity contribution is 0.0889. The van der Waals surface area contributed by atoms with E-state index >= 15 is 0 Å². The van der Waals surface area contributed by atoms with Crippen LogP contribution in [0.3, 0.4) is 0 Å². The van der Waals surface area contributed by atoms with Crippen molar-refractivity contribution in [3.05, 3.63) is 65.7 Å². The first-order valence-corrected chi connectivity index (χ1v) is 9.72. The van der Waals surface area contributed by atoms with Crippen molar-refractivity contribution in [2.45, 2.75) is 58.5 Å². The molecule has 0 bridgehead atoms. The summed E-state index contributed by atoms with van der Waals surface area (Å²) in [5.74, 6) is 0.926. The predicted octanol–water partition coefficient (Wildman–Crippen LogP) is 6.19. The Labute approximate surface area is 153 Å². The van der Waals surface area contributed by atoms with Crippen LogP contribution in [-0.4, -0.2) is 13.2 Å². The fourth-order valence-electron chi connectivity index (χ4n) is 2.84. The van der Waals surface area contributed by atoms with Gasteiger partial charge in [0.25, 0.3) is 0 Å². The highest BCUT2D eigenvalue weighted by atomic mass is 16.5. The molecule has 136 valence electrons. The minimum atomic E-state index is 0.587. The number of hydrogen-bond donors (Lipinski definition) is 0. The van der Waals surface area contributed by atoms with E-state index in [1.165, 1.54) is 56.1 Å². The summed E-state index contributed by atoms with van der Waals surface area (Å²) in [5, 5.41) is 0. The van der Waals surface area contributed by atoms with Gasteiger partial charge in [-0.05, 0) is 36.1 Å². The molecule has 0 saturated carbocycles. The summed E-state index contributed by atoms with van der Waals surface area (Å²) in [4.78, 5) is 0. The maximum Gasteiger partial charge on any atom is 0.119 e. The van der Waals surface area contributed by atoms with Crippen LogP contribution in [0.4, 0.5) is 0 Å². The standard InChI is InChI=1S/C23H32O2/c1-2-3-4-5-6-8-11-21-14-16-23(17-15-21)25-19-18-24-20-22-12-9-7-10-13-22/h7,9-10,12-17H,2-6,8,11,18-20H2,1H3. The lowest BCUT2D eigenvalue weighted by Crippen LogP contribution is -2.06. The van der Waals surface area contributed by atoms with Crippen molar-refractivity contribution in [1.82, 2.24) is 0 Å². The third-order valence-electron chi connectivity index (χ3n) is 4.35. The minimum Gasteiger partial charge on any atom is -0.491 e. The highest BCUT2D eigenvalue weighted by Crippen LogP contribution is 2.15. The van der Waals surface area contributed by atoms with Crippen LogP contribution in [0.5, 0.6) is 5.75 Å². The zero-order valence-corrected chi connectivity index (χ0v) is 15.6. The lowest BCUT2D eigenvalue weighted by Gasteiger charge is -2.08. The van der Waals surface area contributed by atoms with Crippen LogP contribution in [0.1, 0.15) is 56.6 Å². The van der Waals surface area contributed by atoms with Crippen molar-refractivity contribution < 1.29 is 9.47 Å². The van der Waals surface area contributed by atoms with Gasteiger partial charge in [-0.15, -0.1) is 0 Å². The van der Waals surface area contributed by atoms with E-state index in [0.717, 1.165) is 5.75 Å². The van der Waals surface area contributed by atoms with E-state index in [9.17, 15) is 0 Å². The van der Waals surface area contributed by atoms with Gasteiger partial charge < -0.3 is 9.47 Å². The first kappa shape index (κ1) is 19.5. The second-order valence-electron chi connectivity index (χ2n) is 6.55. The van der Waals surface area contributed by atoms with E-state index in [4.69, 9.17) is 9.47 Å². The van der Waals surface area contributed by atoms with Crippen molar-refractivity contribution in [2.75, 3.05) is 13.2 Å². The molecule has 0 radical (unpaired) electrons. The summed E-state index contributed by atoms with van der Waals surface area (Å²) < 4.78 is 11.4. The Bertz CT molecular complexity index is 548. The second kappa shape index (κ2) is 12.5. The molecule has 2 aromatic rings. The van der Waals surface area contributed by atoms with Gasteiger partial charge in [-0.25, -0.2) is 0 Å². The van der Waals surface area contributed by atoms with Crippen molar-refractivity contribution in [1.29, 1.82) is 0 Å². The highest BCUT2D eigenvalue weighted by molar-refractivity contribution is 5.27. The average molecular weight is 341 g/mol. The summed E-state index contributed by atoms with van der Waals surface area (Å²) >= 11 is 0. The molecule has 0 spiro atoms. The van der Waals surface area contributed by atoms with Gasteiger partial charge in [0, 0.05) is 0 Å². The van der Waals surface area contributed by atoms with E-state index in [1.54, 1.807) is 0 Å². The van der Waals surface area contributed by atoms with E-state index in [-0.39, 0.29) is 0 Å². The molecule has 0 N–H and O–H groups in total. The van der Waals surface area contributed by atoms with Crippen molar-refractivity contribution in [3.63, 3.8) is 0 Å². The summed E-state index contributed by atoms with van der Waals surface area (Å²) in [6.07, 6.45) is 9.26. The molecule has 2 aromatic carbocycles. The largest absolute Gasteiger partial charge is 0.491 e. The quantitative estimate of drug-likeness (QED) is 0.405. The molecule has 0 aliphatic rings. The van der Waals surface area contributed by atoms with Crippen molar-refractivity contribution in [3.8, 4) is 5.75 Å². The molecule has 0 unspecified atom stereocenters. The molecule has 0 heterocycles. The maximum atomic E-state index is 5.74. The maximum absolute atomic E-state index is 5.74. The van der Waals surface area contributed by atoms with Crippen LogP contribution < -0.4 is 4.74 Å². The van der Waals surface area contributed by atoms with E-state index < -0.39 is 0 Å². The Hall–Kier alpha value is -1.80. The summed E-state index contributed by atoms with van der Waals surface area (Å²) in [6.45, 7) is 4.10. The molecular weight excluding hydrogens is 308 g/mol. The SMILES string of the molecule is CCCCCCCCc1ccc(OCCOCc2ccccc2)cc1. The second-order valence-corrected chi connectivity index (χ2v) is 6.55. The number of hydrogen-bond acceptors (Lipinski definition) is 2. The zero-order chi connectivity index (χ0) is 17.6.